The molecule has 0 saturated heterocycles. The molecule has 17 heavy (non-hydrogen) atoms. The quantitative estimate of drug-likeness (QED) is 0.816. The Hall–Kier alpha value is -1.93. The van der Waals surface area contributed by atoms with Gasteiger partial charge in [-0.3, -0.25) is 4.79 Å². The van der Waals surface area contributed by atoms with Crippen LogP contribution in [0.25, 0.3) is 0 Å². The van der Waals surface area contributed by atoms with E-state index < -0.39 is 6.04 Å². The second-order valence-corrected chi connectivity index (χ2v) is 4.12. The molecule has 2 aromatic rings. The van der Waals surface area contributed by atoms with Crippen molar-refractivity contribution in [1.82, 2.24) is 0 Å². The Kier molecular flexibility index (Phi) is 3.35. The summed E-state index contributed by atoms with van der Waals surface area (Å²) < 4.78 is 0. The van der Waals surface area contributed by atoms with Gasteiger partial charge in [0.1, 0.15) is 0 Å². The topological polar surface area (TPSA) is 43.1 Å². The number of aryl methyl sites for hydroxylation is 1. The molecule has 1 atom stereocenters. The van der Waals surface area contributed by atoms with Crippen LogP contribution in [0.5, 0.6) is 0 Å². The molecule has 2 rings (SSSR count). The zero-order valence-corrected chi connectivity index (χ0v) is 9.76. The lowest BCUT2D eigenvalue weighted by Crippen LogP contribution is -2.21. The molecular weight excluding hydrogens is 210 g/mol. The van der Waals surface area contributed by atoms with E-state index in [0.717, 1.165) is 11.1 Å². The lowest BCUT2D eigenvalue weighted by molar-refractivity contribution is 0.0961. The zero-order valence-electron chi connectivity index (χ0n) is 9.76. The van der Waals surface area contributed by atoms with E-state index in [2.05, 4.69) is 0 Å². The summed E-state index contributed by atoms with van der Waals surface area (Å²) in [7, 11) is 0. The number of Topliss-reactive ketones (excluding diaryl/α,β-unsaturated/α-hetero) is 1. The number of carbonyl (C=O) groups is 1. The van der Waals surface area contributed by atoms with Crippen molar-refractivity contribution < 1.29 is 4.79 Å². The molecule has 0 spiro atoms. The van der Waals surface area contributed by atoms with Gasteiger partial charge in [0.25, 0.3) is 0 Å². The maximum atomic E-state index is 12.2. The van der Waals surface area contributed by atoms with Crippen LogP contribution in [0.2, 0.25) is 0 Å². The van der Waals surface area contributed by atoms with Gasteiger partial charge in [0.2, 0.25) is 0 Å². The molecule has 0 aliphatic carbocycles. The van der Waals surface area contributed by atoms with E-state index in [1.807, 2.05) is 55.5 Å². The van der Waals surface area contributed by atoms with E-state index >= 15 is 0 Å². The zero-order chi connectivity index (χ0) is 12.3. The van der Waals surface area contributed by atoms with Crippen LogP contribution in [0.15, 0.2) is 54.6 Å². The van der Waals surface area contributed by atoms with E-state index in [-0.39, 0.29) is 5.78 Å². The first-order chi connectivity index (χ1) is 8.18. The number of rotatable bonds is 3. The third-order valence-corrected chi connectivity index (χ3v) is 2.74. The average Bonchev–Trinajstić information content (AvgIpc) is 2.38. The number of ketones is 1. The molecule has 0 saturated carbocycles. The molecule has 2 nitrogen and oxygen atoms in total. The molecular formula is C15H15NO. The molecule has 0 fully saturated rings. The minimum absolute atomic E-state index is 0.0418. The summed E-state index contributed by atoms with van der Waals surface area (Å²) in [6.07, 6.45) is 0. The second kappa shape index (κ2) is 4.93. The lowest BCUT2D eigenvalue weighted by atomic mass is 9.97. The average molecular weight is 225 g/mol. The number of hydrogen-bond acceptors (Lipinski definition) is 2. The lowest BCUT2D eigenvalue weighted by Gasteiger charge is -2.11. The maximum absolute atomic E-state index is 12.2. The monoisotopic (exact) mass is 225 g/mol. The van der Waals surface area contributed by atoms with Crippen LogP contribution in [0.4, 0.5) is 0 Å². The van der Waals surface area contributed by atoms with Crippen LogP contribution in [-0.4, -0.2) is 5.78 Å². The highest BCUT2D eigenvalue weighted by Gasteiger charge is 2.17. The van der Waals surface area contributed by atoms with Gasteiger partial charge in [-0.1, -0.05) is 54.1 Å². The van der Waals surface area contributed by atoms with Gasteiger partial charge in [0.15, 0.2) is 5.78 Å². The minimum atomic E-state index is -0.585. The standard InChI is InChI=1S/C15H15NO/c1-11-6-5-9-13(10-11)15(17)14(16)12-7-3-2-4-8-12/h2-10,14H,16H2,1H3. The molecule has 0 amide bonds. The number of nitrogens with two attached hydrogens (primary N) is 1. The molecule has 0 heterocycles. The summed E-state index contributed by atoms with van der Waals surface area (Å²) in [5.74, 6) is -0.0418. The fourth-order valence-corrected chi connectivity index (χ4v) is 1.79. The normalized spacial score (nSPS) is 12.1. The number of benzene rings is 2. The second-order valence-electron chi connectivity index (χ2n) is 4.12. The molecule has 2 heteroatoms. The Morgan fingerprint density at radius 2 is 1.76 bits per heavy atom. The number of hydrogen-bond donors (Lipinski definition) is 1. The van der Waals surface area contributed by atoms with Gasteiger partial charge in [-0.2, -0.15) is 0 Å². The third-order valence-electron chi connectivity index (χ3n) is 2.74. The van der Waals surface area contributed by atoms with E-state index in [1.165, 1.54) is 0 Å². The van der Waals surface area contributed by atoms with Gasteiger partial charge >= 0.3 is 0 Å². The fraction of sp³-hybridized carbons (Fsp3) is 0.133. The van der Waals surface area contributed by atoms with Crippen LogP contribution in [0, 0.1) is 6.92 Å². The Bertz CT molecular complexity index is 519. The molecule has 0 aromatic heterocycles. The summed E-state index contributed by atoms with van der Waals surface area (Å²) >= 11 is 0. The molecule has 0 aliphatic heterocycles. The van der Waals surface area contributed by atoms with E-state index in [0.29, 0.717) is 5.56 Å². The first-order valence-electron chi connectivity index (χ1n) is 5.60. The molecule has 2 aromatic carbocycles. The molecule has 1 unspecified atom stereocenters. The largest absolute Gasteiger partial charge is 0.318 e. The van der Waals surface area contributed by atoms with Crippen molar-refractivity contribution in [3.63, 3.8) is 0 Å². The molecule has 2 N–H and O–H groups in total. The van der Waals surface area contributed by atoms with Gasteiger partial charge in [0, 0.05) is 5.56 Å². The Labute approximate surface area is 101 Å². The van der Waals surface area contributed by atoms with Crippen molar-refractivity contribution in [2.45, 2.75) is 13.0 Å². The highest BCUT2D eigenvalue weighted by Crippen LogP contribution is 2.16. The smallest absolute Gasteiger partial charge is 0.184 e. The van der Waals surface area contributed by atoms with Crippen molar-refractivity contribution in [3.8, 4) is 0 Å². The van der Waals surface area contributed by atoms with Gasteiger partial charge in [-0.05, 0) is 18.6 Å². The first kappa shape index (κ1) is 11.6. The predicted molar refractivity (Wildman–Crippen MR) is 68.9 cm³/mol. The van der Waals surface area contributed by atoms with Gasteiger partial charge < -0.3 is 5.73 Å². The van der Waals surface area contributed by atoms with Crippen LogP contribution >= 0.6 is 0 Å². The van der Waals surface area contributed by atoms with Gasteiger partial charge in [-0.25, -0.2) is 0 Å². The molecule has 0 radical (unpaired) electrons. The summed E-state index contributed by atoms with van der Waals surface area (Å²) in [6, 6.07) is 16.4. The van der Waals surface area contributed by atoms with Crippen LogP contribution in [-0.2, 0) is 0 Å². The van der Waals surface area contributed by atoms with E-state index in [1.54, 1.807) is 6.07 Å². The number of carbonyl (C=O) groups excluding carboxylic acids is 1. The molecule has 0 aliphatic rings. The fourth-order valence-electron chi connectivity index (χ4n) is 1.79. The summed E-state index contributed by atoms with van der Waals surface area (Å²) in [5.41, 5.74) is 8.55. The van der Waals surface area contributed by atoms with Gasteiger partial charge in [0.05, 0.1) is 6.04 Å². The van der Waals surface area contributed by atoms with Crippen molar-refractivity contribution >= 4 is 5.78 Å². The van der Waals surface area contributed by atoms with E-state index in [4.69, 9.17) is 5.73 Å². The van der Waals surface area contributed by atoms with Gasteiger partial charge in [-0.15, -0.1) is 0 Å². The summed E-state index contributed by atoms with van der Waals surface area (Å²) in [5, 5.41) is 0. The maximum Gasteiger partial charge on any atom is 0.184 e. The van der Waals surface area contributed by atoms with Crippen LogP contribution < -0.4 is 5.73 Å². The van der Waals surface area contributed by atoms with E-state index in [9.17, 15) is 4.79 Å². The minimum Gasteiger partial charge on any atom is -0.318 e. The van der Waals surface area contributed by atoms with Crippen LogP contribution in [0.1, 0.15) is 27.5 Å². The Morgan fingerprint density at radius 1 is 1.06 bits per heavy atom. The van der Waals surface area contributed by atoms with Crippen LogP contribution in [0.3, 0.4) is 0 Å². The molecule has 0 bridgehead atoms. The predicted octanol–water partition coefficient (Wildman–Crippen LogP) is 2.88. The summed E-state index contributed by atoms with van der Waals surface area (Å²) in [4.78, 5) is 12.2. The Morgan fingerprint density at radius 3 is 2.41 bits per heavy atom. The third kappa shape index (κ3) is 2.60. The SMILES string of the molecule is Cc1cccc(C(=O)C(N)c2ccccc2)c1. The van der Waals surface area contributed by atoms with Crippen molar-refractivity contribution in [1.29, 1.82) is 0 Å². The highest BCUT2D eigenvalue weighted by atomic mass is 16.1. The van der Waals surface area contributed by atoms with Crippen molar-refractivity contribution in [3.05, 3.63) is 71.3 Å². The molecule has 86 valence electrons. The highest BCUT2D eigenvalue weighted by molar-refractivity contribution is 6.00. The summed E-state index contributed by atoms with van der Waals surface area (Å²) in [6.45, 7) is 1.96. The van der Waals surface area contributed by atoms with Crippen molar-refractivity contribution in [2.24, 2.45) is 5.73 Å². The Balaban J connectivity index is 2.27. The van der Waals surface area contributed by atoms with Crippen molar-refractivity contribution in [2.75, 3.05) is 0 Å². The first-order valence-corrected chi connectivity index (χ1v) is 5.60.